The predicted octanol–water partition coefficient (Wildman–Crippen LogP) is 2.94. The molecule has 1 aliphatic rings. The van der Waals surface area contributed by atoms with Crippen LogP contribution in [0.5, 0.6) is 5.75 Å². The van der Waals surface area contributed by atoms with Gasteiger partial charge in [-0.1, -0.05) is 26.5 Å². The van der Waals surface area contributed by atoms with Gasteiger partial charge in [0.25, 0.3) is 0 Å². The van der Waals surface area contributed by atoms with Gasteiger partial charge in [-0.3, -0.25) is 4.79 Å². The highest BCUT2D eigenvalue weighted by molar-refractivity contribution is 5.87. The molecule has 1 N–H and O–H groups in total. The number of benzene rings is 1. The molecular formula is C15H19NO2. The molecule has 1 aromatic carbocycles. The van der Waals surface area contributed by atoms with E-state index in [4.69, 9.17) is 4.74 Å². The van der Waals surface area contributed by atoms with E-state index in [9.17, 15) is 4.79 Å². The van der Waals surface area contributed by atoms with Crippen LogP contribution >= 0.6 is 0 Å². The van der Waals surface area contributed by atoms with Crippen molar-refractivity contribution in [3.05, 3.63) is 42.0 Å². The van der Waals surface area contributed by atoms with Gasteiger partial charge in [0, 0.05) is 12.0 Å². The van der Waals surface area contributed by atoms with Crippen molar-refractivity contribution >= 4 is 5.91 Å². The number of hydrogen-bond donors (Lipinski definition) is 1. The molecule has 3 heteroatoms. The minimum Gasteiger partial charge on any atom is -0.493 e. The van der Waals surface area contributed by atoms with Crippen molar-refractivity contribution in [3.63, 3.8) is 0 Å². The minimum atomic E-state index is -0.136. The van der Waals surface area contributed by atoms with Crippen LogP contribution in [0.4, 0.5) is 0 Å². The molecule has 0 bridgehead atoms. The number of carbonyl (C=O) groups is 1. The van der Waals surface area contributed by atoms with Crippen LogP contribution in [-0.4, -0.2) is 12.5 Å². The Morgan fingerprint density at radius 2 is 2.33 bits per heavy atom. The number of ether oxygens (including phenoxy) is 1. The lowest BCUT2D eigenvalue weighted by Gasteiger charge is -2.27. The van der Waals surface area contributed by atoms with E-state index < -0.39 is 0 Å². The highest BCUT2D eigenvalue weighted by Crippen LogP contribution is 2.34. The normalized spacial score (nSPS) is 17.8. The van der Waals surface area contributed by atoms with Gasteiger partial charge in [0.2, 0.25) is 5.91 Å². The van der Waals surface area contributed by atoms with Crippen molar-refractivity contribution in [2.75, 3.05) is 6.61 Å². The average molecular weight is 245 g/mol. The van der Waals surface area contributed by atoms with Gasteiger partial charge in [0.1, 0.15) is 5.75 Å². The van der Waals surface area contributed by atoms with Crippen LogP contribution in [0.15, 0.2) is 30.9 Å². The molecule has 0 saturated heterocycles. The molecule has 1 aliphatic heterocycles. The third kappa shape index (κ3) is 2.55. The Bertz CT molecular complexity index is 466. The van der Waals surface area contributed by atoms with Crippen LogP contribution in [0.2, 0.25) is 0 Å². The molecule has 0 spiro atoms. The quantitative estimate of drug-likeness (QED) is 0.831. The highest BCUT2D eigenvalue weighted by atomic mass is 16.5. The largest absolute Gasteiger partial charge is 0.493 e. The maximum atomic E-state index is 11.4. The van der Waals surface area contributed by atoms with Crippen molar-refractivity contribution in [2.45, 2.75) is 32.2 Å². The van der Waals surface area contributed by atoms with Gasteiger partial charge in [-0.05, 0) is 29.7 Å². The van der Waals surface area contributed by atoms with Crippen LogP contribution in [0.3, 0.4) is 0 Å². The van der Waals surface area contributed by atoms with Crippen molar-refractivity contribution < 1.29 is 9.53 Å². The van der Waals surface area contributed by atoms with E-state index in [1.807, 2.05) is 6.07 Å². The van der Waals surface area contributed by atoms with Gasteiger partial charge in [0.15, 0.2) is 0 Å². The number of rotatable bonds is 3. The van der Waals surface area contributed by atoms with Crippen LogP contribution in [0.1, 0.15) is 43.4 Å². The number of nitrogens with one attached hydrogen (secondary N) is 1. The topological polar surface area (TPSA) is 38.3 Å². The monoisotopic (exact) mass is 245 g/mol. The van der Waals surface area contributed by atoms with Gasteiger partial charge in [-0.2, -0.15) is 0 Å². The zero-order valence-electron chi connectivity index (χ0n) is 10.9. The first-order chi connectivity index (χ1) is 8.61. The molecule has 1 amide bonds. The lowest BCUT2D eigenvalue weighted by molar-refractivity contribution is -0.117. The van der Waals surface area contributed by atoms with E-state index >= 15 is 0 Å². The Morgan fingerprint density at radius 3 is 3.00 bits per heavy atom. The first-order valence-electron chi connectivity index (χ1n) is 6.31. The minimum absolute atomic E-state index is 0.0259. The Hall–Kier alpha value is -1.77. The molecule has 1 atom stereocenters. The predicted molar refractivity (Wildman–Crippen MR) is 71.7 cm³/mol. The second-order valence-electron chi connectivity index (χ2n) is 4.85. The molecule has 3 nitrogen and oxygen atoms in total. The molecule has 0 radical (unpaired) electrons. The molecule has 0 saturated carbocycles. The summed E-state index contributed by atoms with van der Waals surface area (Å²) in [5, 5.41) is 2.95. The second-order valence-corrected chi connectivity index (χ2v) is 4.85. The lowest BCUT2D eigenvalue weighted by atomic mass is 9.94. The van der Waals surface area contributed by atoms with E-state index in [-0.39, 0.29) is 11.9 Å². The molecular weight excluding hydrogens is 226 g/mol. The number of fused-ring (bicyclic) bond motifs is 1. The van der Waals surface area contributed by atoms with E-state index in [2.05, 4.69) is 37.9 Å². The summed E-state index contributed by atoms with van der Waals surface area (Å²) in [6, 6.07) is 6.24. The van der Waals surface area contributed by atoms with Crippen LogP contribution in [-0.2, 0) is 4.79 Å². The fourth-order valence-corrected chi connectivity index (χ4v) is 2.15. The first kappa shape index (κ1) is 12.7. The first-order valence-corrected chi connectivity index (χ1v) is 6.31. The molecule has 18 heavy (non-hydrogen) atoms. The molecule has 1 heterocycles. The zero-order valence-corrected chi connectivity index (χ0v) is 10.9. The molecule has 0 unspecified atom stereocenters. The third-order valence-electron chi connectivity index (χ3n) is 3.24. The second kappa shape index (κ2) is 5.25. The Labute approximate surface area is 108 Å². The summed E-state index contributed by atoms with van der Waals surface area (Å²) in [6.07, 6.45) is 2.11. The highest BCUT2D eigenvalue weighted by Gasteiger charge is 2.23. The van der Waals surface area contributed by atoms with E-state index in [1.54, 1.807) is 0 Å². The standard InChI is InChI=1S/C15H19NO2/c1-4-15(17)16-13-7-8-18-14-6-5-11(10(2)3)9-12(13)14/h4-6,9-10,13H,1,7-8H2,2-3H3,(H,16,17)/t13-/m1/s1. The van der Waals surface area contributed by atoms with E-state index in [0.29, 0.717) is 12.5 Å². The Kier molecular flexibility index (Phi) is 3.70. The van der Waals surface area contributed by atoms with Crippen molar-refractivity contribution in [2.24, 2.45) is 0 Å². The van der Waals surface area contributed by atoms with Crippen LogP contribution in [0, 0.1) is 0 Å². The average Bonchev–Trinajstić information content (AvgIpc) is 2.38. The van der Waals surface area contributed by atoms with Crippen molar-refractivity contribution in [3.8, 4) is 5.75 Å². The summed E-state index contributed by atoms with van der Waals surface area (Å²) in [5.74, 6) is 1.20. The maximum absolute atomic E-state index is 11.4. The van der Waals surface area contributed by atoms with Gasteiger partial charge in [0.05, 0.1) is 12.6 Å². The SMILES string of the molecule is C=CC(=O)N[C@@H]1CCOc2ccc(C(C)C)cc21. The smallest absolute Gasteiger partial charge is 0.243 e. The van der Waals surface area contributed by atoms with E-state index in [1.165, 1.54) is 11.6 Å². The molecule has 0 aromatic heterocycles. The molecule has 0 aliphatic carbocycles. The van der Waals surface area contributed by atoms with Crippen molar-refractivity contribution in [1.82, 2.24) is 5.32 Å². The number of hydrogen-bond acceptors (Lipinski definition) is 2. The third-order valence-corrected chi connectivity index (χ3v) is 3.24. The summed E-state index contributed by atoms with van der Waals surface area (Å²) in [5.41, 5.74) is 2.33. The van der Waals surface area contributed by atoms with Gasteiger partial charge >= 0.3 is 0 Å². The van der Waals surface area contributed by atoms with Gasteiger partial charge in [-0.15, -0.1) is 0 Å². The Morgan fingerprint density at radius 1 is 1.56 bits per heavy atom. The molecule has 0 fully saturated rings. The lowest BCUT2D eigenvalue weighted by Crippen LogP contribution is -2.31. The summed E-state index contributed by atoms with van der Waals surface area (Å²) < 4.78 is 5.63. The summed E-state index contributed by atoms with van der Waals surface area (Å²) in [7, 11) is 0. The Balaban J connectivity index is 2.31. The van der Waals surface area contributed by atoms with Crippen molar-refractivity contribution in [1.29, 1.82) is 0 Å². The summed E-state index contributed by atoms with van der Waals surface area (Å²) in [4.78, 5) is 11.4. The summed E-state index contributed by atoms with van der Waals surface area (Å²) >= 11 is 0. The fraction of sp³-hybridized carbons (Fsp3) is 0.400. The van der Waals surface area contributed by atoms with Crippen LogP contribution < -0.4 is 10.1 Å². The molecule has 1 aromatic rings. The zero-order chi connectivity index (χ0) is 13.1. The van der Waals surface area contributed by atoms with Crippen LogP contribution in [0.25, 0.3) is 0 Å². The molecule has 2 rings (SSSR count). The fourth-order valence-electron chi connectivity index (χ4n) is 2.15. The van der Waals surface area contributed by atoms with Gasteiger partial charge < -0.3 is 10.1 Å². The van der Waals surface area contributed by atoms with Gasteiger partial charge in [-0.25, -0.2) is 0 Å². The maximum Gasteiger partial charge on any atom is 0.243 e. The summed E-state index contributed by atoms with van der Waals surface area (Å²) in [6.45, 7) is 8.43. The number of carbonyl (C=O) groups excluding carboxylic acids is 1. The molecule has 96 valence electrons. The van der Waals surface area contributed by atoms with E-state index in [0.717, 1.165) is 17.7 Å². The number of amides is 1.